The number of carboxylic acids is 1. The minimum absolute atomic E-state index is 0.233. The summed E-state index contributed by atoms with van der Waals surface area (Å²) in [6, 6.07) is 0. The van der Waals surface area contributed by atoms with Crippen molar-refractivity contribution in [2.45, 2.75) is 12.5 Å². The predicted octanol–water partition coefficient (Wildman–Crippen LogP) is 1.04. The number of hydrogen-bond acceptors (Lipinski definition) is 2. The summed E-state index contributed by atoms with van der Waals surface area (Å²) in [5.41, 5.74) is 0. The number of hydrogen-bond donors (Lipinski definition) is 1. The first-order chi connectivity index (χ1) is 5.00. The van der Waals surface area contributed by atoms with Crippen LogP contribution in [0.2, 0.25) is 0 Å². The molecule has 0 aromatic heterocycles. The van der Waals surface area contributed by atoms with Gasteiger partial charge in [-0.1, -0.05) is 0 Å². The lowest BCUT2D eigenvalue weighted by Crippen LogP contribution is -2.31. The largest absolute Gasteiger partial charge is 0.475 e. The predicted molar refractivity (Wildman–Crippen MR) is 29.1 cm³/mol. The molecule has 0 aromatic rings. The van der Waals surface area contributed by atoms with Crippen molar-refractivity contribution < 1.29 is 27.8 Å². The van der Waals surface area contributed by atoms with Crippen LogP contribution in [0.3, 0.4) is 0 Å². The molecular weight excluding hydrogens is 165 g/mol. The molecule has 0 aliphatic carbocycles. The average molecular weight is 172 g/mol. The van der Waals surface area contributed by atoms with Crippen LogP contribution in [0, 0.1) is 0 Å². The van der Waals surface area contributed by atoms with Gasteiger partial charge in [0.1, 0.15) is 0 Å². The first-order valence-electron chi connectivity index (χ1n) is 2.82. The zero-order chi connectivity index (χ0) is 8.91. The lowest BCUT2D eigenvalue weighted by atomic mass is 10.5. The van der Waals surface area contributed by atoms with Gasteiger partial charge in [0.15, 0.2) is 0 Å². The number of carbonyl (C=O) groups is 1. The van der Waals surface area contributed by atoms with E-state index in [9.17, 15) is 18.0 Å². The molecule has 6 heteroatoms. The van der Waals surface area contributed by atoms with Gasteiger partial charge in [0.25, 0.3) is 0 Å². The molecule has 0 rings (SSSR count). The van der Waals surface area contributed by atoms with Crippen LogP contribution in [0.25, 0.3) is 0 Å². The fourth-order valence-corrected chi connectivity index (χ4v) is 0.317. The summed E-state index contributed by atoms with van der Waals surface area (Å²) in [7, 11) is 0. The third-order valence-electron chi connectivity index (χ3n) is 0.810. The molecule has 0 unspecified atom stereocenters. The summed E-state index contributed by atoms with van der Waals surface area (Å²) in [6.07, 6.45) is -4.43. The lowest BCUT2D eigenvalue weighted by molar-refractivity contribution is -0.245. The van der Waals surface area contributed by atoms with Gasteiger partial charge in [-0.3, -0.25) is 4.39 Å². The first kappa shape index (κ1) is 10.2. The van der Waals surface area contributed by atoms with Crippen LogP contribution in [-0.2, 0) is 9.53 Å². The number of alkyl halides is 3. The van der Waals surface area contributed by atoms with Crippen LogP contribution >= 0.6 is 0 Å². The zero-order valence-corrected chi connectivity index (χ0v) is 5.52. The van der Waals surface area contributed by atoms with E-state index in [1.54, 1.807) is 0 Å². The Kier molecular flexibility index (Phi) is 3.88. The second-order valence-corrected chi connectivity index (χ2v) is 1.71. The standard InChI is InChI=1S/C5H7F3O3/c6-2-1-3-11-5(7,8)4(9)10/h1-3H2,(H,9,10). The van der Waals surface area contributed by atoms with Crippen LogP contribution in [0.1, 0.15) is 6.42 Å². The monoisotopic (exact) mass is 172 g/mol. The maximum absolute atomic E-state index is 11.9. The van der Waals surface area contributed by atoms with E-state index in [-0.39, 0.29) is 6.42 Å². The Hall–Kier alpha value is -0.780. The van der Waals surface area contributed by atoms with Crippen molar-refractivity contribution in [3.8, 4) is 0 Å². The molecule has 0 saturated heterocycles. The number of rotatable bonds is 5. The highest BCUT2D eigenvalue weighted by molar-refractivity contribution is 5.73. The summed E-state index contributed by atoms with van der Waals surface area (Å²) in [6.45, 7) is -1.41. The van der Waals surface area contributed by atoms with Crippen molar-refractivity contribution in [3.63, 3.8) is 0 Å². The molecule has 0 spiro atoms. The second-order valence-electron chi connectivity index (χ2n) is 1.71. The van der Waals surface area contributed by atoms with Crippen molar-refractivity contribution in [2.75, 3.05) is 13.3 Å². The van der Waals surface area contributed by atoms with Crippen LogP contribution < -0.4 is 0 Å². The highest BCUT2D eigenvalue weighted by Crippen LogP contribution is 2.15. The van der Waals surface area contributed by atoms with E-state index in [2.05, 4.69) is 4.74 Å². The van der Waals surface area contributed by atoms with E-state index < -0.39 is 25.4 Å². The molecule has 0 aromatic carbocycles. The smallest absolute Gasteiger partial charge is 0.455 e. The van der Waals surface area contributed by atoms with Crippen molar-refractivity contribution in [1.29, 1.82) is 0 Å². The Balaban J connectivity index is 3.64. The Labute approximate surface area is 60.8 Å². The van der Waals surface area contributed by atoms with Crippen molar-refractivity contribution in [2.24, 2.45) is 0 Å². The number of halogens is 3. The quantitative estimate of drug-likeness (QED) is 0.630. The molecule has 0 aliphatic rings. The van der Waals surface area contributed by atoms with Crippen LogP contribution in [0.4, 0.5) is 13.2 Å². The molecule has 1 N–H and O–H groups in total. The van der Waals surface area contributed by atoms with Crippen LogP contribution in [-0.4, -0.2) is 30.5 Å². The highest BCUT2D eigenvalue weighted by Gasteiger charge is 2.40. The Morgan fingerprint density at radius 2 is 2.09 bits per heavy atom. The van der Waals surface area contributed by atoms with E-state index in [1.165, 1.54) is 0 Å². The van der Waals surface area contributed by atoms with Crippen molar-refractivity contribution in [1.82, 2.24) is 0 Å². The summed E-state index contributed by atoms with van der Waals surface area (Å²) in [5, 5.41) is 7.77. The second kappa shape index (κ2) is 4.17. The summed E-state index contributed by atoms with van der Waals surface area (Å²) in [4.78, 5) is 9.65. The van der Waals surface area contributed by atoms with Crippen LogP contribution in [0.5, 0.6) is 0 Å². The van der Waals surface area contributed by atoms with E-state index in [0.717, 1.165) is 0 Å². The molecule has 0 bridgehead atoms. The fraction of sp³-hybridized carbons (Fsp3) is 0.800. The van der Waals surface area contributed by atoms with Gasteiger partial charge in [-0.25, -0.2) is 4.79 Å². The molecule has 3 nitrogen and oxygen atoms in total. The normalized spacial score (nSPS) is 11.5. The van der Waals surface area contributed by atoms with E-state index in [4.69, 9.17) is 5.11 Å². The van der Waals surface area contributed by atoms with Crippen molar-refractivity contribution >= 4 is 5.97 Å². The maximum atomic E-state index is 11.9. The molecule has 0 aliphatic heterocycles. The van der Waals surface area contributed by atoms with E-state index >= 15 is 0 Å². The summed E-state index contributed by atoms with van der Waals surface area (Å²) in [5.74, 6) is -2.36. The van der Waals surface area contributed by atoms with Gasteiger partial charge in [-0.05, 0) is 6.42 Å². The van der Waals surface area contributed by atoms with Gasteiger partial charge in [-0.2, -0.15) is 8.78 Å². The summed E-state index contributed by atoms with van der Waals surface area (Å²) >= 11 is 0. The van der Waals surface area contributed by atoms with E-state index in [1.807, 2.05) is 0 Å². The fourth-order valence-electron chi connectivity index (χ4n) is 0.317. The Morgan fingerprint density at radius 1 is 1.55 bits per heavy atom. The lowest BCUT2D eigenvalue weighted by Gasteiger charge is -2.10. The number of aliphatic carboxylic acids is 1. The minimum Gasteiger partial charge on any atom is -0.475 e. The third-order valence-corrected chi connectivity index (χ3v) is 0.810. The SMILES string of the molecule is O=C(O)C(F)(F)OCCCF. The van der Waals surface area contributed by atoms with Crippen LogP contribution in [0.15, 0.2) is 0 Å². The number of ether oxygens (including phenoxy) is 1. The van der Waals surface area contributed by atoms with Gasteiger partial charge in [-0.15, -0.1) is 0 Å². The van der Waals surface area contributed by atoms with Crippen molar-refractivity contribution in [3.05, 3.63) is 0 Å². The zero-order valence-electron chi connectivity index (χ0n) is 5.52. The van der Waals surface area contributed by atoms with Gasteiger partial charge in [0.05, 0.1) is 13.3 Å². The highest BCUT2D eigenvalue weighted by atomic mass is 19.3. The minimum atomic E-state index is -4.20. The molecule has 0 heterocycles. The Morgan fingerprint density at radius 3 is 2.45 bits per heavy atom. The van der Waals surface area contributed by atoms with Gasteiger partial charge in [0, 0.05) is 0 Å². The van der Waals surface area contributed by atoms with Gasteiger partial charge < -0.3 is 9.84 Å². The molecule has 66 valence electrons. The maximum Gasteiger partial charge on any atom is 0.455 e. The Bertz CT molecular complexity index is 137. The molecule has 0 amide bonds. The average Bonchev–Trinajstić information content (AvgIpc) is 1.88. The summed E-state index contributed by atoms with van der Waals surface area (Å²) < 4.78 is 38.7. The molecule has 0 saturated carbocycles. The topological polar surface area (TPSA) is 46.5 Å². The molecular formula is C5H7F3O3. The van der Waals surface area contributed by atoms with Gasteiger partial charge >= 0.3 is 12.1 Å². The third kappa shape index (κ3) is 3.82. The molecule has 0 atom stereocenters. The molecule has 11 heavy (non-hydrogen) atoms. The van der Waals surface area contributed by atoms with E-state index in [0.29, 0.717) is 0 Å². The number of carboxylic acid groups (broad SMARTS) is 1. The first-order valence-corrected chi connectivity index (χ1v) is 2.82. The molecule has 0 fully saturated rings. The van der Waals surface area contributed by atoms with Gasteiger partial charge in [0.2, 0.25) is 0 Å². The molecule has 0 radical (unpaired) electrons.